The van der Waals surface area contributed by atoms with Crippen LogP contribution in [0.4, 0.5) is 26.3 Å². The van der Waals surface area contributed by atoms with Gasteiger partial charge in [-0.3, -0.25) is 0 Å². The molecule has 0 amide bonds. The molecule has 7 nitrogen and oxygen atoms in total. The molecule has 4 rings (SSSR count). The number of hydrogen-bond acceptors (Lipinski definition) is 7. The first-order valence-electron chi connectivity index (χ1n) is 10.6. The van der Waals surface area contributed by atoms with Crippen LogP contribution in [0.2, 0.25) is 0 Å². The second kappa shape index (κ2) is 9.37. The van der Waals surface area contributed by atoms with Crippen molar-refractivity contribution in [3.05, 3.63) is 77.4 Å². The zero-order valence-electron chi connectivity index (χ0n) is 18.5. The number of aliphatic hydroxyl groups excluding tert-OH is 1. The zero-order chi connectivity index (χ0) is 26.3. The maximum Gasteiger partial charge on any atom is 0.419 e. The number of likely N-dealkylation sites (tertiary alicyclic amines) is 1. The summed E-state index contributed by atoms with van der Waals surface area (Å²) in [5.74, 6) is -0.527. The summed E-state index contributed by atoms with van der Waals surface area (Å²) in [6, 6.07) is 6.25. The Bertz CT molecular complexity index is 1240. The molecule has 192 valence electrons. The van der Waals surface area contributed by atoms with Gasteiger partial charge in [-0.05, 0) is 42.3 Å². The third-order valence-corrected chi connectivity index (χ3v) is 5.65. The largest absolute Gasteiger partial charge is 0.488 e. The lowest BCUT2D eigenvalue weighted by atomic mass is 10.1. The summed E-state index contributed by atoms with van der Waals surface area (Å²) >= 11 is 0. The zero-order valence-corrected chi connectivity index (χ0v) is 18.5. The van der Waals surface area contributed by atoms with E-state index >= 15 is 0 Å². The minimum Gasteiger partial charge on any atom is -0.488 e. The van der Waals surface area contributed by atoms with E-state index in [0.717, 1.165) is 36.4 Å². The van der Waals surface area contributed by atoms with E-state index in [4.69, 9.17) is 15.0 Å². The first kappa shape index (κ1) is 25.4. The molecule has 0 spiro atoms. The van der Waals surface area contributed by atoms with Gasteiger partial charge in [0.15, 0.2) is 0 Å². The molecule has 1 fully saturated rings. The van der Waals surface area contributed by atoms with Crippen LogP contribution in [0.3, 0.4) is 0 Å². The number of ether oxygens (including phenoxy) is 1. The third-order valence-electron chi connectivity index (χ3n) is 5.65. The Labute approximate surface area is 200 Å². The van der Waals surface area contributed by atoms with Crippen LogP contribution in [0.1, 0.15) is 35.0 Å². The van der Waals surface area contributed by atoms with E-state index in [-0.39, 0.29) is 35.3 Å². The van der Waals surface area contributed by atoms with E-state index in [1.54, 1.807) is 4.90 Å². The van der Waals surface area contributed by atoms with Gasteiger partial charge in [0.1, 0.15) is 18.4 Å². The van der Waals surface area contributed by atoms with Crippen molar-refractivity contribution in [3.8, 4) is 17.1 Å². The fourth-order valence-corrected chi connectivity index (χ4v) is 3.84. The molecule has 3 N–H and O–H groups in total. The molecule has 1 aliphatic rings. The monoisotopic (exact) mass is 514 g/mol. The van der Waals surface area contributed by atoms with Crippen molar-refractivity contribution >= 4 is 0 Å². The number of aliphatic hydroxyl groups is 1. The quantitative estimate of drug-likeness (QED) is 0.452. The molecule has 0 radical (unpaired) electrons. The Morgan fingerprint density at radius 2 is 1.81 bits per heavy atom. The van der Waals surface area contributed by atoms with Crippen molar-refractivity contribution in [1.29, 1.82) is 0 Å². The fraction of sp³-hybridized carbons (Fsp3) is 0.304. The van der Waals surface area contributed by atoms with Gasteiger partial charge in [0.2, 0.25) is 5.82 Å². The molecule has 2 heterocycles. The average molecular weight is 514 g/mol. The summed E-state index contributed by atoms with van der Waals surface area (Å²) in [7, 11) is 0. The number of alkyl halides is 6. The molecule has 2 aromatic carbocycles. The lowest BCUT2D eigenvalue weighted by molar-refractivity contribution is -0.139. The van der Waals surface area contributed by atoms with Crippen molar-refractivity contribution in [2.75, 3.05) is 6.54 Å². The molecule has 36 heavy (non-hydrogen) atoms. The highest BCUT2D eigenvalue weighted by Gasteiger charge is 2.39. The molecule has 0 saturated carbocycles. The number of rotatable bonds is 6. The molecule has 3 aromatic rings. The van der Waals surface area contributed by atoms with Gasteiger partial charge >= 0.3 is 12.4 Å². The van der Waals surface area contributed by atoms with E-state index in [1.807, 2.05) is 0 Å². The Morgan fingerprint density at radius 3 is 2.42 bits per heavy atom. The van der Waals surface area contributed by atoms with Gasteiger partial charge in [0.05, 0.1) is 23.1 Å². The van der Waals surface area contributed by atoms with Crippen LogP contribution in [0.15, 0.2) is 59.4 Å². The number of benzene rings is 2. The first-order valence-corrected chi connectivity index (χ1v) is 10.6. The van der Waals surface area contributed by atoms with Gasteiger partial charge in [0.25, 0.3) is 5.89 Å². The SMILES string of the molecule is C=C(N)N1CC[C@H](O)[C@H]1c1nc(-c2ccc(OCc3ccc(C(F)(F)F)cc3)c(C(F)(F)F)c2)no1. The molecule has 1 aromatic heterocycles. The highest BCUT2D eigenvalue weighted by molar-refractivity contribution is 5.59. The lowest BCUT2D eigenvalue weighted by Gasteiger charge is -2.24. The van der Waals surface area contributed by atoms with Gasteiger partial charge in [-0.25, -0.2) is 0 Å². The molecular formula is C23H20F6N4O3. The van der Waals surface area contributed by atoms with Crippen molar-refractivity contribution in [1.82, 2.24) is 15.0 Å². The Morgan fingerprint density at radius 1 is 1.11 bits per heavy atom. The number of hydrogen-bond donors (Lipinski definition) is 2. The van der Waals surface area contributed by atoms with Crippen LogP contribution < -0.4 is 10.5 Å². The molecule has 1 aliphatic heterocycles. The molecule has 2 atom stereocenters. The number of halogens is 6. The van der Waals surface area contributed by atoms with Crippen molar-refractivity contribution in [3.63, 3.8) is 0 Å². The Hall–Kier alpha value is -3.74. The smallest absolute Gasteiger partial charge is 0.419 e. The molecule has 0 aliphatic carbocycles. The molecule has 0 unspecified atom stereocenters. The average Bonchev–Trinajstić information content (AvgIpc) is 3.43. The summed E-state index contributed by atoms with van der Waals surface area (Å²) in [5, 5.41) is 14.0. The molecule has 0 bridgehead atoms. The van der Waals surface area contributed by atoms with Crippen molar-refractivity contribution in [2.24, 2.45) is 5.73 Å². The summed E-state index contributed by atoms with van der Waals surface area (Å²) in [6.07, 6.45) is -9.86. The van der Waals surface area contributed by atoms with Gasteiger partial charge in [-0.1, -0.05) is 23.9 Å². The predicted octanol–water partition coefficient (Wildman–Crippen LogP) is 4.89. The first-order chi connectivity index (χ1) is 16.8. The second-order valence-corrected chi connectivity index (χ2v) is 8.13. The Kier molecular flexibility index (Phi) is 6.60. The third kappa shape index (κ3) is 5.25. The minimum atomic E-state index is -4.81. The molecule has 1 saturated heterocycles. The number of aromatic nitrogens is 2. The van der Waals surface area contributed by atoms with Crippen LogP contribution in [0, 0.1) is 0 Å². The van der Waals surface area contributed by atoms with E-state index in [9.17, 15) is 31.4 Å². The number of nitrogens with zero attached hydrogens (tertiary/aromatic N) is 3. The van der Waals surface area contributed by atoms with E-state index in [2.05, 4.69) is 16.7 Å². The van der Waals surface area contributed by atoms with Gasteiger partial charge < -0.3 is 25.0 Å². The van der Waals surface area contributed by atoms with Gasteiger partial charge in [-0.15, -0.1) is 0 Å². The van der Waals surface area contributed by atoms with Crippen LogP contribution in [-0.2, 0) is 19.0 Å². The topological polar surface area (TPSA) is 97.6 Å². The predicted molar refractivity (Wildman–Crippen MR) is 114 cm³/mol. The highest BCUT2D eigenvalue weighted by atomic mass is 19.4. The van der Waals surface area contributed by atoms with E-state index in [0.29, 0.717) is 13.0 Å². The number of nitrogens with two attached hydrogens (primary N) is 1. The second-order valence-electron chi connectivity index (χ2n) is 8.13. The summed E-state index contributed by atoms with van der Waals surface area (Å²) < 4.78 is 89.9. The maximum atomic E-state index is 13.8. The van der Waals surface area contributed by atoms with Gasteiger partial charge in [-0.2, -0.15) is 31.3 Å². The van der Waals surface area contributed by atoms with Crippen LogP contribution >= 0.6 is 0 Å². The summed E-state index contributed by atoms with van der Waals surface area (Å²) in [4.78, 5) is 5.70. The molecule has 13 heteroatoms. The summed E-state index contributed by atoms with van der Waals surface area (Å²) in [5.41, 5.74) is 3.95. The standard InChI is InChI=1S/C23H20F6N4O3/c1-12(30)33-9-8-17(34)19(33)21-31-20(32-36-21)14-4-7-18(16(10-14)23(27,28)29)35-11-13-2-5-15(6-3-13)22(24,25)26/h2-7,10,17,19,34H,1,8-9,11,30H2/t17-,19-/m0/s1. The van der Waals surface area contributed by atoms with Crippen LogP contribution in [0.5, 0.6) is 5.75 Å². The van der Waals surface area contributed by atoms with Crippen molar-refractivity contribution in [2.45, 2.75) is 37.5 Å². The van der Waals surface area contributed by atoms with Crippen LogP contribution in [0.25, 0.3) is 11.4 Å². The highest BCUT2D eigenvalue weighted by Crippen LogP contribution is 2.40. The fourth-order valence-electron chi connectivity index (χ4n) is 3.84. The van der Waals surface area contributed by atoms with Crippen molar-refractivity contribution < 1.29 is 40.7 Å². The van der Waals surface area contributed by atoms with Crippen LogP contribution in [-0.4, -0.2) is 32.8 Å². The molecular weight excluding hydrogens is 494 g/mol. The summed E-state index contributed by atoms with van der Waals surface area (Å²) in [6.45, 7) is 3.64. The Balaban J connectivity index is 1.57. The normalized spacial score (nSPS) is 18.5. The van der Waals surface area contributed by atoms with E-state index in [1.165, 1.54) is 6.07 Å². The minimum absolute atomic E-state index is 0.0233. The lowest BCUT2D eigenvalue weighted by Crippen LogP contribution is -2.30. The van der Waals surface area contributed by atoms with E-state index < -0.39 is 41.4 Å². The van der Waals surface area contributed by atoms with Gasteiger partial charge in [0, 0.05) is 12.1 Å². The maximum absolute atomic E-state index is 13.8.